The lowest BCUT2D eigenvalue weighted by atomic mass is 10.2. The number of benzene rings is 2. The Morgan fingerprint density at radius 3 is 2.75 bits per heavy atom. The molecule has 0 amide bonds. The van der Waals surface area contributed by atoms with Crippen molar-refractivity contribution in [2.45, 2.75) is 13.2 Å². The SMILES string of the molecule is O=C(Cn1cnc2ccccc2c1=O)OCc1ccc(Cl)cc1Cl. The van der Waals surface area contributed by atoms with Gasteiger partial charge in [-0.3, -0.25) is 14.2 Å². The van der Waals surface area contributed by atoms with Crippen LogP contribution in [0.3, 0.4) is 0 Å². The second kappa shape index (κ2) is 7.03. The van der Waals surface area contributed by atoms with Gasteiger partial charge < -0.3 is 4.74 Å². The molecule has 0 atom stereocenters. The number of carbonyl (C=O) groups is 1. The Labute approximate surface area is 147 Å². The summed E-state index contributed by atoms with van der Waals surface area (Å²) in [7, 11) is 0. The van der Waals surface area contributed by atoms with E-state index in [1.807, 2.05) is 0 Å². The summed E-state index contributed by atoms with van der Waals surface area (Å²) >= 11 is 11.8. The van der Waals surface area contributed by atoms with Gasteiger partial charge in [-0.1, -0.05) is 41.4 Å². The van der Waals surface area contributed by atoms with E-state index < -0.39 is 5.97 Å². The Kier molecular flexibility index (Phi) is 4.83. The van der Waals surface area contributed by atoms with Crippen LogP contribution < -0.4 is 5.56 Å². The second-order valence-corrected chi connectivity index (χ2v) is 5.93. The van der Waals surface area contributed by atoms with Crippen molar-refractivity contribution in [2.24, 2.45) is 0 Å². The van der Waals surface area contributed by atoms with Crippen molar-refractivity contribution in [1.29, 1.82) is 0 Å². The average molecular weight is 363 g/mol. The van der Waals surface area contributed by atoms with Crippen molar-refractivity contribution in [3.63, 3.8) is 0 Å². The Balaban J connectivity index is 1.71. The van der Waals surface area contributed by atoms with Crippen LogP contribution in [-0.4, -0.2) is 15.5 Å². The molecule has 0 unspecified atom stereocenters. The largest absolute Gasteiger partial charge is 0.459 e. The van der Waals surface area contributed by atoms with Crippen molar-refractivity contribution in [1.82, 2.24) is 9.55 Å². The molecule has 1 aromatic heterocycles. The second-order valence-electron chi connectivity index (χ2n) is 5.09. The van der Waals surface area contributed by atoms with Gasteiger partial charge in [0.05, 0.1) is 17.2 Å². The van der Waals surface area contributed by atoms with Crippen molar-refractivity contribution < 1.29 is 9.53 Å². The Bertz CT molecular complexity index is 969. The molecule has 24 heavy (non-hydrogen) atoms. The molecular weight excluding hydrogens is 351 g/mol. The molecule has 0 N–H and O–H groups in total. The third kappa shape index (κ3) is 3.58. The summed E-state index contributed by atoms with van der Waals surface area (Å²) in [6, 6.07) is 11.9. The lowest BCUT2D eigenvalue weighted by Gasteiger charge is -2.08. The highest BCUT2D eigenvalue weighted by Gasteiger charge is 2.10. The van der Waals surface area contributed by atoms with Crippen LogP contribution >= 0.6 is 23.2 Å². The molecule has 0 saturated carbocycles. The number of hydrogen-bond acceptors (Lipinski definition) is 4. The Hall–Kier alpha value is -2.37. The first kappa shape index (κ1) is 16.5. The van der Waals surface area contributed by atoms with E-state index in [-0.39, 0.29) is 18.7 Å². The lowest BCUT2D eigenvalue weighted by Crippen LogP contribution is -2.25. The summed E-state index contributed by atoms with van der Waals surface area (Å²) in [4.78, 5) is 28.4. The first-order chi connectivity index (χ1) is 11.5. The van der Waals surface area contributed by atoms with E-state index in [0.29, 0.717) is 26.5 Å². The summed E-state index contributed by atoms with van der Waals surface area (Å²) < 4.78 is 6.38. The summed E-state index contributed by atoms with van der Waals surface area (Å²) in [5.74, 6) is -0.555. The number of halogens is 2. The molecule has 0 spiro atoms. The molecule has 0 fully saturated rings. The molecule has 3 rings (SSSR count). The zero-order chi connectivity index (χ0) is 17.1. The smallest absolute Gasteiger partial charge is 0.326 e. The fourth-order valence-electron chi connectivity index (χ4n) is 2.20. The maximum atomic E-state index is 12.3. The minimum Gasteiger partial charge on any atom is -0.459 e. The van der Waals surface area contributed by atoms with Crippen LogP contribution in [0.25, 0.3) is 10.9 Å². The summed E-state index contributed by atoms with van der Waals surface area (Å²) in [6.45, 7) is -0.216. The van der Waals surface area contributed by atoms with E-state index in [9.17, 15) is 9.59 Å². The Morgan fingerprint density at radius 2 is 1.96 bits per heavy atom. The number of rotatable bonds is 4. The zero-order valence-corrected chi connectivity index (χ0v) is 13.9. The van der Waals surface area contributed by atoms with Crippen LogP contribution in [0.4, 0.5) is 0 Å². The van der Waals surface area contributed by atoms with E-state index in [0.717, 1.165) is 0 Å². The van der Waals surface area contributed by atoms with E-state index in [1.165, 1.54) is 10.9 Å². The summed E-state index contributed by atoms with van der Waals surface area (Å²) in [5, 5.41) is 1.37. The first-order valence-corrected chi connectivity index (χ1v) is 7.84. The zero-order valence-electron chi connectivity index (χ0n) is 12.4. The number of aromatic nitrogens is 2. The molecule has 0 bridgehead atoms. The first-order valence-electron chi connectivity index (χ1n) is 7.08. The number of hydrogen-bond donors (Lipinski definition) is 0. The van der Waals surface area contributed by atoms with E-state index >= 15 is 0 Å². The minimum absolute atomic E-state index is 0.00456. The Morgan fingerprint density at radius 1 is 1.17 bits per heavy atom. The van der Waals surface area contributed by atoms with Gasteiger partial charge in [-0.25, -0.2) is 4.98 Å². The van der Waals surface area contributed by atoms with Gasteiger partial charge in [-0.15, -0.1) is 0 Å². The molecule has 2 aromatic carbocycles. The highest BCUT2D eigenvalue weighted by Crippen LogP contribution is 2.21. The van der Waals surface area contributed by atoms with Gasteiger partial charge >= 0.3 is 5.97 Å². The van der Waals surface area contributed by atoms with E-state index in [4.69, 9.17) is 27.9 Å². The van der Waals surface area contributed by atoms with Crippen LogP contribution in [0.2, 0.25) is 10.0 Å². The third-order valence-electron chi connectivity index (χ3n) is 3.43. The highest BCUT2D eigenvalue weighted by atomic mass is 35.5. The molecule has 7 heteroatoms. The molecule has 5 nitrogen and oxygen atoms in total. The van der Waals surface area contributed by atoms with Gasteiger partial charge in [0, 0.05) is 15.6 Å². The summed E-state index contributed by atoms with van der Waals surface area (Å²) in [5.41, 5.74) is 0.931. The third-order valence-corrected chi connectivity index (χ3v) is 4.02. The number of ether oxygens (including phenoxy) is 1. The topological polar surface area (TPSA) is 61.2 Å². The van der Waals surface area contributed by atoms with Crippen molar-refractivity contribution in [2.75, 3.05) is 0 Å². The number of esters is 1. The number of para-hydroxylation sites is 1. The van der Waals surface area contributed by atoms with Crippen molar-refractivity contribution >= 4 is 40.1 Å². The lowest BCUT2D eigenvalue weighted by molar-refractivity contribution is -0.145. The normalized spacial score (nSPS) is 10.8. The van der Waals surface area contributed by atoms with Gasteiger partial charge in [-0.05, 0) is 24.3 Å². The van der Waals surface area contributed by atoms with Gasteiger partial charge in [0.1, 0.15) is 13.2 Å². The maximum Gasteiger partial charge on any atom is 0.326 e. The molecule has 1 heterocycles. The van der Waals surface area contributed by atoms with Crippen LogP contribution in [0, 0.1) is 0 Å². The molecule has 122 valence electrons. The fourth-order valence-corrected chi connectivity index (χ4v) is 2.66. The van der Waals surface area contributed by atoms with Gasteiger partial charge in [-0.2, -0.15) is 0 Å². The van der Waals surface area contributed by atoms with Crippen LogP contribution in [0.5, 0.6) is 0 Å². The highest BCUT2D eigenvalue weighted by molar-refractivity contribution is 6.35. The molecule has 0 aliphatic rings. The average Bonchev–Trinajstić information content (AvgIpc) is 2.57. The van der Waals surface area contributed by atoms with E-state index in [2.05, 4.69) is 4.98 Å². The predicted molar refractivity (Wildman–Crippen MR) is 92.3 cm³/mol. The minimum atomic E-state index is -0.555. The fraction of sp³-hybridized carbons (Fsp3) is 0.118. The van der Waals surface area contributed by atoms with Crippen molar-refractivity contribution in [3.05, 3.63) is 74.8 Å². The predicted octanol–water partition coefficient (Wildman–Crippen LogP) is 3.45. The molecule has 0 aliphatic heterocycles. The quantitative estimate of drug-likeness (QED) is 0.667. The number of fused-ring (bicyclic) bond motifs is 1. The van der Waals surface area contributed by atoms with Crippen LogP contribution in [0.15, 0.2) is 53.6 Å². The number of carbonyl (C=O) groups excluding carboxylic acids is 1. The summed E-state index contributed by atoms with van der Waals surface area (Å²) in [6.07, 6.45) is 1.33. The van der Waals surface area contributed by atoms with Crippen LogP contribution in [-0.2, 0) is 22.7 Å². The molecule has 0 aliphatic carbocycles. The van der Waals surface area contributed by atoms with Gasteiger partial charge in [0.25, 0.3) is 5.56 Å². The molecule has 0 radical (unpaired) electrons. The van der Waals surface area contributed by atoms with E-state index in [1.54, 1.807) is 42.5 Å². The van der Waals surface area contributed by atoms with Gasteiger partial charge in [0.2, 0.25) is 0 Å². The van der Waals surface area contributed by atoms with Gasteiger partial charge in [0.15, 0.2) is 0 Å². The molecule has 3 aromatic rings. The molecule has 0 saturated heterocycles. The number of nitrogens with zero attached hydrogens (tertiary/aromatic N) is 2. The van der Waals surface area contributed by atoms with Crippen molar-refractivity contribution in [3.8, 4) is 0 Å². The standard InChI is InChI=1S/C17H12Cl2N2O3/c18-12-6-5-11(14(19)7-12)9-24-16(22)8-21-10-20-15-4-2-1-3-13(15)17(21)23/h1-7,10H,8-9H2. The monoisotopic (exact) mass is 362 g/mol. The molecular formula is C17H12Cl2N2O3. The van der Waals surface area contributed by atoms with Crippen LogP contribution in [0.1, 0.15) is 5.56 Å². The maximum absolute atomic E-state index is 12.3.